The number of hydrogen-bond acceptors (Lipinski definition) is 3. The van der Waals surface area contributed by atoms with Crippen LogP contribution in [0.4, 0.5) is 0 Å². The van der Waals surface area contributed by atoms with Crippen LogP contribution >= 0.6 is 11.6 Å². The van der Waals surface area contributed by atoms with Crippen LogP contribution < -0.4 is 5.56 Å². The summed E-state index contributed by atoms with van der Waals surface area (Å²) in [5.41, 5.74) is 0.340. The van der Waals surface area contributed by atoms with Gasteiger partial charge in [-0.25, -0.2) is 4.68 Å². The van der Waals surface area contributed by atoms with Crippen molar-refractivity contribution in [3.63, 3.8) is 0 Å². The predicted molar refractivity (Wildman–Crippen MR) is 59.0 cm³/mol. The van der Waals surface area contributed by atoms with Gasteiger partial charge in [-0.15, -0.1) is 11.7 Å². The van der Waals surface area contributed by atoms with Gasteiger partial charge in [0.2, 0.25) is 0 Å². The zero-order valence-corrected chi connectivity index (χ0v) is 8.61. The molecule has 2 aromatic rings. The Labute approximate surface area is 90.8 Å². The number of hydrogen-bond donors (Lipinski definition) is 0. The highest BCUT2D eigenvalue weighted by Gasteiger charge is 2.04. The molecule has 76 valence electrons. The van der Waals surface area contributed by atoms with Gasteiger partial charge in [-0.1, -0.05) is 22.9 Å². The maximum absolute atomic E-state index is 11.8. The van der Waals surface area contributed by atoms with Crippen molar-refractivity contribution in [3.05, 3.63) is 46.2 Å². The molecule has 0 aliphatic rings. The van der Waals surface area contributed by atoms with Crippen molar-refractivity contribution in [2.45, 2.75) is 6.54 Å². The molecule has 0 amide bonds. The van der Waals surface area contributed by atoms with Gasteiger partial charge in [-0.05, 0) is 18.2 Å². The van der Waals surface area contributed by atoms with E-state index in [1.807, 2.05) is 0 Å². The van der Waals surface area contributed by atoms with Crippen molar-refractivity contribution >= 4 is 22.5 Å². The van der Waals surface area contributed by atoms with Gasteiger partial charge >= 0.3 is 0 Å². The van der Waals surface area contributed by atoms with Gasteiger partial charge in [0.05, 0.1) is 11.9 Å². The highest BCUT2D eigenvalue weighted by Crippen LogP contribution is 2.13. The fourth-order valence-corrected chi connectivity index (χ4v) is 1.46. The van der Waals surface area contributed by atoms with Gasteiger partial charge in [0, 0.05) is 5.02 Å². The minimum absolute atomic E-state index is 0.206. The van der Waals surface area contributed by atoms with Crippen LogP contribution in [0.2, 0.25) is 5.02 Å². The first-order valence-corrected chi connectivity index (χ1v) is 4.74. The largest absolute Gasteiger partial charge is 0.277 e. The van der Waals surface area contributed by atoms with E-state index >= 15 is 0 Å². The summed E-state index contributed by atoms with van der Waals surface area (Å²) in [7, 11) is 0. The van der Waals surface area contributed by atoms with Crippen molar-refractivity contribution < 1.29 is 0 Å². The number of halogens is 1. The number of allylic oxidation sites excluding steroid dienone is 1. The highest BCUT2D eigenvalue weighted by molar-refractivity contribution is 6.31. The van der Waals surface area contributed by atoms with E-state index in [2.05, 4.69) is 16.9 Å². The zero-order valence-electron chi connectivity index (χ0n) is 7.85. The first-order valence-electron chi connectivity index (χ1n) is 4.36. The van der Waals surface area contributed by atoms with E-state index in [4.69, 9.17) is 11.6 Å². The first-order chi connectivity index (χ1) is 7.22. The molecule has 0 atom stereocenters. The maximum Gasteiger partial charge on any atom is 0.277 e. The molecule has 0 spiro atoms. The van der Waals surface area contributed by atoms with Gasteiger partial charge in [0.1, 0.15) is 5.52 Å². The van der Waals surface area contributed by atoms with Gasteiger partial charge in [0.15, 0.2) is 0 Å². The lowest BCUT2D eigenvalue weighted by Crippen LogP contribution is -2.23. The van der Waals surface area contributed by atoms with Gasteiger partial charge < -0.3 is 0 Å². The third-order valence-electron chi connectivity index (χ3n) is 1.99. The van der Waals surface area contributed by atoms with Crippen molar-refractivity contribution in [1.82, 2.24) is 15.0 Å². The summed E-state index contributed by atoms with van der Waals surface area (Å²) in [6.07, 6.45) is 1.59. The average molecular weight is 222 g/mol. The molecule has 0 bridgehead atoms. The summed E-state index contributed by atoms with van der Waals surface area (Å²) in [5, 5.41) is 8.66. The maximum atomic E-state index is 11.8. The Bertz CT molecular complexity index is 576. The Balaban J connectivity index is 2.76. The number of benzene rings is 1. The van der Waals surface area contributed by atoms with Crippen LogP contribution in [0.15, 0.2) is 35.6 Å². The third-order valence-corrected chi connectivity index (χ3v) is 2.22. The van der Waals surface area contributed by atoms with Crippen LogP contribution in [-0.2, 0) is 6.54 Å². The van der Waals surface area contributed by atoms with E-state index in [-0.39, 0.29) is 5.56 Å². The number of fused-ring (bicyclic) bond motifs is 1. The Kier molecular flexibility index (Phi) is 2.51. The van der Waals surface area contributed by atoms with Gasteiger partial charge in [-0.2, -0.15) is 0 Å². The normalized spacial score (nSPS) is 10.5. The minimum Gasteiger partial charge on any atom is -0.267 e. The molecule has 0 radical (unpaired) electrons. The van der Waals surface area contributed by atoms with Crippen LogP contribution in [-0.4, -0.2) is 15.0 Å². The van der Waals surface area contributed by atoms with E-state index in [0.717, 1.165) is 0 Å². The number of aromatic nitrogens is 3. The molecule has 1 aromatic heterocycles. The predicted octanol–water partition coefficient (Wildman–Crippen LogP) is 1.63. The van der Waals surface area contributed by atoms with E-state index in [9.17, 15) is 4.79 Å². The van der Waals surface area contributed by atoms with Gasteiger partial charge in [-0.3, -0.25) is 4.79 Å². The topological polar surface area (TPSA) is 47.8 Å². The lowest BCUT2D eigenvalue weighted by Gasteiger charge is -2.01. The quantitative estimate of drug-likeness (QED) is 0.725. The molecule has 0 aliphatic heterocycles. The standard InChI is InChI=1S/C10H8ClN3O/c1-2-5-14-10(15)8-6-7(11)3-4-9(8)12-13-14/h2-4,6H,1,5H2. The molecule has 4 nitrogen and oxygen atoms in total. The van der Waals surface area contributed by atoms with Crippen molar-refractivity contribution in [1.29, 1.82) is 0 Å². The molecule has 15 heavy (non-hydrogen) atoms. The molecular weight excluding hydrogens is 214 g/mol. The average Bonchev–Trinajstić information content (AvgIpc) is 2.23. The lowest BCUT2D eigenvalue weighted by molar-refractivity contribution is 0.611. The Morgan fingerprint density at radius 2 is 2.33 bits per heavy atom. The SMILES string of the molecule is C=CCn1nnc2ccc(Cl)cc2c1=O. The first kappa shape index (κ1) is 9.86. The monoisotopic (exact) mass is 221 g/mol. The third kappa shape index (κ3) is 1.76. The molecule has 5 heteroatoms. The van der Waals surface area contributed by atoms with E-state index in [1.54, 1.807) is 24.3 Å². The summed E-state index contributed by atoms with van der Waals surface area (Å²) in [6.45, 7) is 3.88. The lowest BCUT2D eigenvalue weighted by atomic mass is 10.2. The second-order valence-electron chi connectivity index (χ2n) is 3.03. The molecule has 0 unspecified atom stereocenters. The molecule has 0 saturated carbocycles. The number of rotatable bonds is 2. The second-order valence-corrected chi connectivity index (χ2v) is 3.46. The zero-order chi connectivity index (χ0) is 10.8. The fraction of sp³-hybridized carbons (Fsp3) is 0.100. The molecule has 1 aromatic carbocycles. The van der Waals surface area contributed by atoms with E-state index in [1.165, 1.54) is 4.68 Å². The molecule has 0 saturated heterocycles. The molecular formula is C10H8ClN3O. The van der Waals surface area contributed by atoms with Crippen molar-refractivity contribution in [2.75, 3.05) is 0 Å². The Morgan fingerprint density at radius 1 is 1.53 bits per heavy atom. The number of nitrogens with zero attached hydrogens (tertiary/aromatic N) is 3. The molecule has 0 N–H and O–H groups in total. The second kappa shape index (κ2) is 3.82. The molecule has 0 fully saturated rings. The van der Waals surface area contributed by atoms with Crippen LogP contribution in [0, 0.1) is 0 Å². The molecule has 1 heterocycles. The van der Waals surface area contributed by atoms with E-state index < -0.39 is 0 Å². The minimum atomic E-state index is -0.206. The summed E-state index contributed by atoms with van der Waals surface area (Å²) < 4.78 is 1.24. The summed E-state index contributed by atoms with van der Waals surface area (Å²) >= 11 is 5.80. The summed E-state index contributed by atoms with van der Waals surface area (Å²) in [5.74, 6) is 0. The van der Waals surface area contributed by atoms with Crippen LogP contribution in [0.1, 0.15) is 0 Å². The van der Waals surface area contributed by atoms with Crippen LogP contribution in [0.25, 0.3) is 10.9 Å². The van der Waals surface area contributed by atoms with Crippen LogP contribution in [0.3, 0.4) is 0 Å². The summed E-state index contributed by atoms with van der Waals surface area (Å²) in [4.78, 5) is 11.8. The smallest absolute Gasteiger partial charge is 0.267 e. The molecule has 0 aliphatic carbocycles. The Morgan fingerprint density at radius 3 is 3.07 bits per heavy atom. The fourth-order valence-electron chi connectivity index (χ4n) is 1.29. The van der Waals surface area contributed by atoms with Gasteiger partial charge in [0.25, 0.3) is 5.56 Å². The highest BCUT2D eigenvalue weighted by atomic mass is 35.5. The molecule has 2 rings (SSSR count). The summed E-state index contributed by atoms with van der Waals surface area (Å²) in [6, 6.07) is 4.94. The Hall–Kier alpha value is -1.68. The van der Waals surface area contributed by atoms with E-state index in [0.29, 0.717) is 22.5 Å². The van der Waals surface area contributed by atoms with Crippen molar-refractivity contribution in [3.8, 4) is 0 Å². The van der Waals surface area contributed by atoms with Crippen molar-refractivity contribution in [2.24, 2.45) is 0 Å². The van der Waals surface area contributed by atoms with Crippen LogP contribution in [0.5, 0.6) is 0 Å².